The van der Waals surface area contributed by atoms with Gasteiger partial charge in [-0.25, -0.2) is 9.18 Å². The van der Waals surface area contributed by atoms with E-state index in [0.717, 1.165) is 25.7 Å². The first kappa shape index (κ1) is 14.0. The Bertz CT molecular complexity index is 428. The number of carbonyl (C=O) groups is 1. The summed E-state index contributed by atoms with van der Waals surface area (Å²) in [5.41, 5.74) is 0.0673. The minimum absolute atomic E-state index is 0.0673. The summed E-state index contributed by atoms with van der Waals surface area (Å²) in [4.78, 5) is 11.7. The van der Waals surface area contributed by atoms with Crippen molar-refractivity contribution >= 4 is 5.97 Å². The molecule has 1 saturated heterocycles. The second-order valence-electron chi connectivity index (χ2n) is 6.01. The Labute approximate surface area is 118 Å². The number of fused-ring (bicyclic) bond motifs is 1. The molecule has 0 aromatic rings. The normalized spacial score (nSPS) is 39.2. The maximum atomic E-state index is 14.4. The summed E-state index contributed by atoms with van der Waals surface area (Å²) in [5, 5.41) is 0. The second-order valence-corrected chi connectivity index (χ2v) is 6.01. The van der Waals surface area contributed by atoms with Crippen molar-refractivity contribution in [3.8, 4) is 0 Å². The Morgan fingerprint density at radius 1 is 1.35 bits per heavy atom. The van der Waals surface area contributed by atoms with Gasteiger partial charge in [-0.1, -0.05) is 13.3 Å². The van der Waals surface area contributed by atoms with Crippen molar-refractivity contribution in [1.29, 1.82) is 0 Å². The van der Waals surface area contributed by atoms with E-state index in [1.807, 2.05) is 0 Å². The molecule has 2 aliphatic carbocycles. The molecule has 1 spiro atoms. The van der Waals surface area contributed by atoms with Crippen LogP contribution in [-0.4, -0.2) is 37.2 Å². The first-order chi connectivity index (χ1) is 9.56. The maximum absolute atomic E-state index is 14.4. The number of hydrogen-bond acceptors (Lipinski definition) is 4. The van der Waals surface area contributed by atoms with E-state index in [-0.39, 0.29) is 17.8 Å². The third-order valence-corrected chi connectivity index (χ3v) is 4.68. The van der Waals surface area contributed by atoms with Crippen molar-refractivity contribution in [3.05, 3.63) is 11.6 Å². The predicted octanol–water partition coefficient (Wildman–Crippen LogP) is 2.52. The van der Waals surface area contributed by atoms with Gasteiger partial charge in [0.2, 0.25) is 0 Å². The molecule has 3 unspecified atom stereocenters. The largest absolute Gasteiger partial charge is 0.466 e. The molecule has 0 aromatic carbocycles. The average Bonchev–Trinajstić information content (AvgIpc) is 2.81. The molecule has 1 aliphatic heterocycles. The molecule has 0 aromatic heterocycles. The Hall–Kier alpha value is -0.940. The summed E-state index contributed by atoms with van der Waals surface area (Å²) in [6.45, 7) is 1.77. The van der Waals surface area contributed by atoms with E-state index >= 15 is 0 Å². The standard InChI is InChI=1S/C15H21FO4/c1-9-12(16)10(14(17)18-2)8-11-13(9)20-15(19-11)6-4-3-5-7-15/h8-9,11-13H,3-7H2,1-2H3/t9-,11?,12?,13?/m1/s1. The SMILES string of the molecule is COC(=O)C1=CC2OC3(CCCCC3)OC2[C@H](C)C1F. The molecule has 1 saturated carbocycles. The van der Waals surface area contributed by atoms with Crippen molar-refractivity contribution in [2.45, 2.75) is 63.2 Å². The van der Waals surface area contributed by atoms with Crippen LogP contribution in [0, 0.1) is 5.92 Å². The van der Waals surface area contributed by atoms with Gasteiger partial charge in [0, 0.05) is 18.8 Å². The fourth-order valence-corrected chi connectivity index (χ4v) is 3.54. The van der Waals surface area contributed by atoms with E-state index in [2.05, 4.69) is 4.74 Å². The Kier molecular flexibility index (Phi) is 3.58. The Balaban J connectivity index is 1.85. The molecule has 2 fully saturated rings. The zero-order valence-electron chi connectivity index (χ0n) is 11.9. The van der Waals surface area contributed by atoms with Gasteiger partial charge in [-0.15, -0.1) is 0 Å². The van der Waals surface area contributed by atoms with Gasteiger partial charge in [-0.05, 0) is 18.9 Å². The van der Waals surface area contributed by atoms with Crippen molar-refractivity contribution in [2.24, 2.45) is 5.92 Å². The van der Waals surface area contributed by atoms with Gasteiger partial charge in [-0.3, -0.25) is 0 Å². The molecule has 4 nitrogen and oxygen atoms in total. The molecule has 0 amide bonds. The van der Waals surface area contributed by atoms with E-state index in [0.29, 0.717) is 0 Å². The summed E-state index contributed by atoms with van der Waals surface area (Å²) in [5.74, 6) is -1.58. The summed E-state index contributed by atoms with van der Waals surface area (Å²) in [6, 6.07) is 0. The zero-order chi connectivity index (χ0) is 14.3. The molecule has 5 heteroatoms. The van der Waals surface area contributed by atoms with Crippen LogP contribution in [0.25, 0.3) is 0 Å². The van der Waals surface area contributed by atoms with E-state index in [1.54, 1.807) is 13.0 Å². The number of carbonyl (C=O) groups excluding carboxylic acids is 1. The number of methoxy groups -OCH3 is 1. The van der Waals surface area contributed by atoms with Gasteiger partial charge in [-0.2, -0.15) is 0 Å². The summed E-state index contributed by atoms with van der Waals surface area (Å²) in [7, 11) is 1.27. The van der Waals surface area contributed by atoms with E-state index in [9.17, 15) is 9.18 Å². The van der Waals surface area contributed by atoms with Crippen LogP contribution in [0.1, 0.15) is 39.0 Å². The van der Waals surface area contributed by atoms with E-state index < -0.39 is 23.8 Å². The molecule has 0 radical (unpaired) electrons. The van der Waals surface area contributed by atoms with Gasteiger partial charge in [0.05, 0.1) is 18.8 Å². The van der Waals surface area contributed by atoms with Crippen LogP contribution in [0.3, 0.4) is 0 Å². The van der Waals surface area contributed by atoms with Crippen LogP contribution in [0.5, 0.6) is 0 Å². The molecular weight excluding hydrogens is 263 g/mol. The van der Waals surface area contributed by atoms with Crippen LogP contribution >= 0.6 is 0 Å². The summed E-state index contributed by atoms with van der Waals surface area (Å²) in [6.07, 6.45) is 4.59. The molecular formula is C15H21FO4. The van der Waals surface area contributed by atoms with Crippen LogP contribution in [0.15, 0.2) is 11.6 Å². The molecule has 3 aliphatic rings. The van der Waals surface area contributed by atoms with Crippen molar-refractivity contribution < 1.29 is 23.4 Å². The number of rotatable bonds is 1. The molecule has 112 valence electrons. The quantitative estimate of drug-likeness (QED) is 0.694. The van der Waals surface area contributed by atoms with E-state index in [4.69, 9.17) is 9.47 Å². The zero-order valence-corrected chi connectivity index (χ0v) is 11.9. The highest BCUT2D eigenvalue weighted by Crippen LogP contribution is 2.46. The summed E-state index contributed by atoms with van der Waals surface area (Å²) >= 11 is 0. The van der Waals surface area contributed by atoms with Crippen LogP contribution in [-0.2, 0) is 19.0 Å². The summed E-state index contributed by atoms with van der Waals surface area (Å²) < 4.78 is 31.2. The highest BCUT2D eigenvalue weighted by Gasteiger charge is 2.53. The number of esters is 1. The van der Waals surface area contributed by atoms with Crippen LogP contribution < -0.4 is 0 Å². The van der Waals surface area contributed by atoms with Crippen molar-refractivity contribution in [1.82, 2.24) is 0 Å². The molecule has 4 atom stereocenters. The number of hydrogen-bond donors (Lipinski definition) is 0. The topological polar surface area (TPSA) is 44.8 Å². The van der Waals surface area contributed by atoms with Gasteiger partial charge in [0.1, 0.15) is 12.3 Å². The smallest absolute Gasteiger partial charge is 0.336 e. The first-order valence-corrected chi connectivity index (χ1v) is 7.36. The minimum Gasteiger partial charge on any atom is -0.466 e. The molecule has 1 heterocycles. The van der Waals surface area contributed by atoms with Gasteiger partial charge in [0.15, 0.2) is 5.79 Å². The predicted molar refractivity (Wildman–Crippen MR) is 69.7 cm³/mol. The fraction of sp³-hybridized carbons (Fsp3) is 0.800. The molecule has 0 N–H and O–H groups in total. The average molecular weight is 284 g/mol. The van der Waals surface area contributed by atoms with Gasteiger partial charge < -0.3 is 14.2 Å². The monoisotopic (exact) mass is 284 g/mol. The van der Waals surface area contributed by atoms with Crippen molar-refractivity contribution in [2.75, 3.05) is 7.11 Å². The lowest BCUT2D eigenvalue weighted by Gasteiger charge is -2.32. The molecule has 0 bridgehead atoms. The number of halogens is 1. The molecule has 3 rings (SSSR count). The number of ether oxygens (including phenoxy) is 3. The lowest BCUT2D eigenvalue weighted by Crippen LogP contribution is -2.41. The lowest BCUT2D eigenvalue weighted by atomic mass is 9.84. The van der Waals surface area contributed by atoms with Gasteiger partial charge >= 0.3 is 5.97 Å². The third-order valence-electron chi connectivity index (χ3n) is 4.68. The lowest BCUT2D eigenvalue weighted by molar-refractivity contribution is -0.194. The van der Waals surface area contributed by atoms with Crippen LogP contribution in [0.2, 0.25) is 0 Å². The molecule has 20 heavy (non-hydrogen) atoms. The highest BCUT2D eigenvalue weighted by molar-refractivity contribution is 5.90. The Morgan fingerprint density at radius 3 is 2.70 bits per heavy atom. The Morgan fingerprint density at radius 2 is 2.05 bits per heavy atom. The maximum Gasteiger partial charge on any atom is 0.336 e. The fourth-order valence-electron chi connectivity index (χ4n) is 3.54. The van der Waals surface area contributed by atoms with E-state index in [1.165, 1.54) is 13.5 Å². The van der Waals surface area contributed by atoms with Gasteiger partial charge in [0.25, 0.3) is 0 Å². The van der Waals surface area contributed by atoms with Crippen molar-refractivity contribution in [3.63, 3.8) is 0 Å². The highest BCUT2D eigenvalue weighted by atomic mass is 19.1. The first-order valence-electron chi connectivity index (χ1n) is 7.36. The minimum atomic E-state index is -1.36. The third kappa shape index (κ3) is 2.17. The second kappa shape index (κ2) is 5.11. The van der Waals surface area contributed by atoms with Crippen LogP contribution in [0.4, 0.5) is 4.39 Å². The number of alkyl halides is 1.